The fraction of sp³-hybridized carbons (Fsp3) is 0.750. The van der Waals surface area contributed by atoms with Crippen LogP contribution >= 0.6 is 0 Å². The minimum Gasteiger partial charge on any atom is -0.395 e. The number of nitrogens with zero attached hydrogens (tertiary/aromatic N) is 1. The summed E-state index contributed by atoms with van der Waals surface area (Å²) in [6.45, 7) is 8.98. The van der Waals surface area contributed by atoms with Gasteiger partial charge in [0.05, 0.1) is 6.61 Å². The van der Waals surface area contributed by atoms with Crippen LogP contribution < -0.4 is 5.32 Å². The van der Waals surface area contributed by atoms with E-state index in [2.05, 4.69) is 35.9 Å². The molecule has 1 amide bonds. The summed E-state index contributed by atoms with van der Waals surface area (Å²) < 4.78 is 0. The van der Waals surface area contributed by atoms with Gasteiger partial charge in [-0.3, -0.25) is 9.69 Å². The molecule has 4 heteroatoms. The van der Waals surface area contributed by atoms with Gasteiger partial charge in [0.25, 0.3) is 0 Å². The van der Waals surface area contributed by atoms with Crippen molar-refractivity contribution in [3.8, 4) is 0 Å². The molecule has 0 aromatic heterocycles. The molecule has 4 nitrogen and oxygen atoms in total. The van der Waals surface area contributed by atoms with Gasteiger partial charge in [-0.1, -0.05) is 44.4 Å². The van der Waals surface area contributed by atoms with Crippen LogP contribution in [-0.4, -0.2) is 48.7 Å². The number of aliphatic hydroxyl groups excluding tert-OH is 1. The third-order valence-corrected chi connectivity index (χ3v) is 3.98. The van der Waals surface area contributed by atoms with E-state index in [9.17, 15) is 4.79 Å². The predicted octanol–water partition coefficient (Wildman–Crippen LogP) is 3.67. The van der Waals surface area contributed by atoms with Crippen LogP contribution in [0.15, 0.2) is 24.8 Å². The number of allylic oxidation sites excluding steroid dienone is 2. The van der Waals surface area contributed by atoms with Gasteiger partial charge in [0.15, 0.2) is 0 Å². The Morgan fingerprint density at radius 2 is 1.88 bits per heavy atom. The summed E-state index contributed by atoms with van der Waals surface area (Å²) in [5.41, 5.74) is 0. The van der Waals surface area contributed by atoms with Gasteiger partial charge in [0.1, 0.15) is 0 Å². The largest absolute Gasteiger partial charge is 0.395 e. The van der Waals surface area contributed by atoms with E-state index >= 15 is 0 Å². The SMILES string of the molecule is C=CCCCCCC(=O)NCCN(C/C=C/CCCCC)CCO. The molecule has 0 unspecified atom stereocenters. The molecule has 0 atom stereocenters. The average molecular weight is 339 g/mol. The Morgan fingerprint density at radius 3 is 2.58 bits per heavy atom. The molecule has 0 heterocycles. The second-order valence-corrected chi connectivity index (χ2v) is 6.23. The van der Waals surface area contributed by atoms with Gasteiger partial charge in [-0.05, 0) is 32.1 Å². The molecule has 2 N–H and O–H groups in total. The van der Waals surface area contributed by atoms with Crippen molar-refractivity contribution in [2.24, 2.45) is 0 Å². The zero-order chi connectivity index (χ0) is 17.9. The maximum Gasteiger partial charge on any atom is 0.220 e. The van der Waals surface area contributed by atoms with Gasteiger partial charge in [0, 0.05) is 32.6 Å². The Kier molecular flexibility index (Phi) is 17.4. The van der Waals surface area contributed by atoms with Gasteiger partial charge >= 0.3 is 0 Å². The van der Waals surface area contributed by atoms with Gasteiger partial charge < -0.3 is 10.4 Å². The number of carbonyl (C=O) groups is 1. The lowest BCUT2D eigenvalue weighted by Crippen LogP contribution is -2.36. The normalized spacial score (nSPS) is 11.3. The monoisotopic (exact) mass is 338 g/mol. The van der Waals surface area contributed by atoms with Gasteiger partial charge in [-0.25, -0.2) is 0 Å². The van der Waals surface area contributed by atoms with Crippen molar-refractivity contribution in [1.29, 1.82) is 0 Å². The number of hydrogen-bond donors (Lipinski definition) is 2. The van der Waals surface area contributed by atoms with E-state index in [1.807, 2.05) is 6.08 Å². The molecule has 0 saturated heterocycles. The fourth-order valence-corrected chi connectivity index (χ4v) is 2.48. The summed E-state index contributed by atoms with van der Waals surface area (Å²) in [7, 11) is 0. The standard InChI is InChI=1S/C20H38N2O2/c1-3-5-7-9-11-13-16-22(18-19-23)17-15-21-20(24)14-12-10-8-6-4-2/h4,11,13,23H,2-3,5-10,12,14-19H2,1H3,(H,21,24)/b13-11+. The second kappa shape index (κ2) is 18.2. The number of hydrogen-bond acceptors (Lipinski definition) is 3. The van der Waals surface area contributed by atoms with Crippen LogP contribution in [-0.2, 0) is 4.79 Å². The van der Waals surface area contributed by atoms with Gasteiger partial charge in [0.2, 0.25) is 5.91 Å². The molecular formula is C20H38N2O2. The lowest BCUT2D eigenvalue weighted by molar-refractivity contribution is -0.121. The number of rotatable bonds is 17. The lowest BCUT2D eigenvalue weighted by atomic mass is 10.1. The molecule has 0 aliphatic carbocycles. The molecule has 0 bridgehead atoms. The third kappa shape index (κ3) is 15.8. The van der Waals surface area contributed by atoms with E-state index in [1.54, 1.807) is 0 Å². The summed E-state index contributed by atoms with van der Waals surface area (Å²) in [6, 6.07) is 0. The summed E-state index contributed by atoms with van der Waals surface area (Å²) in [6.07, 6.45) is 16.0. The molecule has 140 valence electrons. The van der Waals surface area contributed by atoms with E-state index in [0.717, 1.165) is 45.2 Å². The van der Waals surface area contributed by atoms with Crippen LogP contribution in [0, 0.1) is 0 Å². The van der Waals surface area contributed by atoms with Gasteiger partial charge in [-0.15, -0.1) is 6.58 Å². The quantitative estimate of drug-likeness (QED) is 0.314. The predicted molar refractivity (Wildman–Crippen MR) is 103 cm³/mol. The first kappa shape index (κ1) is 22.9. The topological polar surface area (TPSA) is 52.6 Å². The van der Waals surface area contributed by atoms with Crippen molar-refractivity contribution in [1.82, 2.24) is 10.2 Å². The van der Waals surface area contributed by atoms with E-state index in [1.165, 1.54) is 19.3 Å². The molecule has 0 radical (unpaired) electrons. The molecule has 0 rings (SSSR count). The Bertz CT molecular complexity index is 330. The highest BCUT2D eigenvalue weighted by atomic mass is 16.3. The minimum absolute atomic E-state index is 0.132. The van der Waals surface area contributed by atoms with E-state index in [0.29, 0.717) is 19.5 Å². The summed E-state index contributed by atoms with van der Waals surface area (Å²) >= 11 is 0. The van der Waals surface area contributed by atoms with Crippen LogP contribution in [0.5, 0.6) is 0 Å². The molecule has 0 saturated carbocycles. The average Bonchev–Trinajstić information content (AvgIpc) is 2.57. The number of nitrogens with one attached hydrogen (secondary N) is 1. The maximum atomic E-state index is 11.8. The second-order valence-electron chi connectivity index (χ2n) is 6.23. The van der Waals surface area contributed by atoms with Crippen LogP contribution in [0.2, 0.25) is 0 Å². The van der Waals surface area contributed by atoms with Crippen LogP contribution in [0.3, 0.4) is 0 Å². The number of carbonyl (C=O) groups excluding carboxylic acids is 1. The van der Waals surface area contributed by atoms with E-state index < -0.39 is 0 Å². The van der Waals surface area contributed by atoms with Crippen molar-refractivity contribution in [3.63, 3.8) is 0 Å². The molecule has 0 spiro atoms. The maximum absolute atomic E-state index is 11.8. The van der Waals surface area contributed by atoms with E-state index in [-0.39, 0.29) is 12.5 Å². The number of amides is 1. The first-order valence-corrected chi connectivity index (χ1v) is 9.60. The summed E-state index contributed by atoms with van der Waals surface area (Å²) in [4.78, 5) is 13.9. The van der Waals surface area contributed by atoms with Crippen molar-refractivity contribution in [3.05, 3.63) is 24.8 Å². The molecule has 24 heavy (non-hydrogen) atoms. The molecule has 0 aromatic carbocycles. The van der Waals surface area contributed by atoms with Crippen molar-refractivity contribution in [2.75, 3.05) is 32.8 Å². The third-order valence-electron chi connectivity index (χ3n) is 3.98. The number of unbranched alkanes of at least 4 members (excludes halogenated alkanes) is 6. The lowest BCUT2D eigenvalue weighted by Gasteiger charge is -2.19. The molecule has 0 aliphatic rings. The molecule has 0 aliphatic heterocycles. The first-order chi connectivity index (χ1) is 11.7. The molecule has 0 fully saturated rings. The summed E-state index contributed by atoms with van der Waals surface area (Å²) in [5.74, 6) is 0.132. The highest BCUT2D eigenvalue weighted by molar-refractivity contribution is 5.75. The fourth-order valence-electron chi connectivity index (χ4n) is 2.48. The Morgan fingerprint density at radius 1 is 1.08 bits per heavy atom. The van der Waals surface area contributed by atoms with Crippen LogP contribution in [0.1, 0.15) is 64.7 Å². The molecule has 0 aromatic rings. The Labute approximate surface area is 149 Å². The first-order valence-electron chi connectivity index (χ1n) is 9.60. The van der Waals surface area contributed by atoms with Crippen molar-refractivity contribution < 1.29 is 9.90 Å². The summed E-state index contributed by atoms with van der Waals surface area (Å²) in [5, 5.41) is 12.1. The highest BCUT2D eigenvalue weighted by Gasteiger charge is 2.04. The minimum atomic E-state index is 0.132. The number of aliphatic hydroxyl groups is 1. The van der Waals surface area contributed by atoms with Crippen molar-refractivity contribution >= 4 is 5.91 Å². The van der Waals surface area contributed by atoms with Crippen molar-refractivity contribution in [2.45, 2.75) is 64.7 Å². The Hall–Kier alpha value is -1.13. The van der Waals surface area contributed by atoms with Crippen LogP contribution in [0.4, 0.5) is 0 Å². The van der Waals surface area contributed by atoms with Gasteiger partial charge in [-0.2, -0.15) is 0 Å². The zero-order valence-electron chi connectivity index (χ0n) is 15.6. The molecular weight excluding hydrogens is 300 g/mol. The Balaban J connectivity index is 3.75. The smallest absolute Gasteiger partial charge is 0.220 e. The highest BCUT2D eigenvalue weighted by Crippen LogP contribution is 2.03. The van der Waals surface area contributed by atoms with E-state index in [4.69, 9.17) is 5.11 Å². The zero-order valence-corrected chi connectivity index (χ0v) is 15.6. The van der Waals surface area contributed by atoms with Crippen LogP contribution in [0.25, 0.3) is 0 Å².